The minimum Gasteiger partial charge on any atom is -0.376 e. The van der Waals surface area contributed by atoms with Crippen LogP contribution in [0.5, 0.6) is 0 Å². The predicted molar refractivity (Wildman–Crippen MR) is 59.4 cm³/mol. The van der Waals surface area contributed by atoms with E-state index in [-0.39, 0.29) is 0 Å². The van der Waals surface area contributed by atoms with E-state index >= 15 is 0 Å². The normalized spacial score (nSPS) is 10.2. The molecule has 0 aromatic carbocycles. The lowest BCUT2D eigenvalue weighted by molar-refractivity contribution is 0.157. The van der Waals surface area contributed by atoms with Gasteiger partial charge in [0.05, 0.1) is 19.8 Å². The lowest BCUT2D eigenvalue weighted by atomic mass is 10.4. The summed E-state index contributed by atoms with van der Waals surface area (Å²) in [5.41, 5.74) is 1.04. The Morgan fingerprint density at radius 3 is 2.87 bits per heavy atom. The van der Waals surface area contributed by atoms with Crippen LogP contribution in [0.1, 0.15) is 12.7 Å². The standard InChI is InChI=1S/C11H17N3O/c1-10(2)9-15-7-6-12-8-11-13-4-3-5-14-11/h3-5,12H,1,6-9H2,2H3. The quantitative estimate of drug-likeness (QED) is 0.538. The van der Waals surface area contributed by atoms with Crippen LogP contribution in [0, 0.1) is 0 Å². The number of nitrogens with one attached hydrogen (secondary N) is 1. The van der Waals surface area contributed by atoms with Crippen molar-refractivity contribution in [1.29, 1.82) is 0 Å². The number of aromatic nitrogens is 2. The van der Waals surface area contributed by atoms with E-state index in [1.165, 1.54) is 0 Å². The molecule has 0 aliphatic heterocycles. The summed E-state index contributed by atoms with van der Waals surface area (Å²) in [6.45, 7) is 8.49. The van der Waals surface area contributed by atoms with Crippen molar-refractivity contribution in [3.05, 3.63) is 36.4 Å². The first-order valence-electron chi connectivity index (χ1n) is 4.98. The summed E-state index contributed by atoms with van der Waals surface area (Å²) in [5, 5.41) is 3.20. The molecular formula is C11H17N3O. The molecule has 0 spiro atoms. The van der Waals surface area contributed by atoms with Gasteiger partial charge in [-0.3, -0.25) is 0 Å². The van der Waals surface area contributed by atoms with Gasteiger partial charge < -0.3 is 10.1 Å². The summed E-state index contributed by atoms with van der Waals surface area (Å²) in [6.07, 6.45) is 3.48. The van der Waals surface area contributed by atoms with Crippen LogP contribution in [-0.2, 0) is 11.3 Å². The van der Waals surface area contributed by atoms with Crippen LogP contribution < -0.4 is 5.32 Å². The van der Waals surface area contributed by atoms with Crippen molar-refractivity contribution in [2.24, 2.45) is 0 Å². The molecule has 0 unspecified atom stereocenters. The van der Waals surface area contributed by atoms with Gasteiger partial charge in [0, 0.05) is 18.9 Å². The molecule has 0 aliphatic carbocycles. The van der Waals surface area contributed by atoms with E-state index in [0.717, 1.165) is 17.9 Å². The Bertz CT molecular complexity index is 287. The number of nitrogens with zero attached hydrogens (tertiary/aromatic N) is 2. The zero-order chi connectivity index (χ0) is 10.9. The molecule has 1 rings (SSSR count). The Kier molecular flexibility index (Phi) is 5.58. The largest absolute Gasteiger partial charge is 0.376 e. The van der Waals surface area contributed by atoms with E-state index in [4.69, 9.17) is 4.74 Å². The van der Waals surface area contributed by atoms with Crippen molar-refractivity contribution < 1.29 is 4.74 Å². The molecule has 0 amide bonds. The highest BCUT2D eigenvalue weighted by Gasteiger charge is 1.93. The predicted octanol–water partition coefficient (Wildman–Crippen LogP) is 1.16. The Balaban J connectivity index is 2.00. The molecule has 0 aliphatic rings. The summed E-state index contributed by atoms with van der Waals surface area (Å²) in [5.74, 6) is 0.803. The van der Waals surface area contributed by atoms with Crippen molar-refractivity contribution in [2.45, 2.75) is 13.5 Å². The maximum Gasteiger partial charge on any atom is 0.141 e. The first-order valence-corrected chi connectivity index (χ1v) is 4.98. The average Bonchev–Trinajstić information content (AvgIpc) is 2.24. The van der Waals surface area contributed by atoms with Gasteiger partial charge in [0.2, 0.25) is 0 Å². The molecule has 0 atom stereocenters. The number of rotatable bonds is 7. The first-order chi connectivity index (χ1) is 7.29. The second-order valence-electron chi connectivity index (χ2n) is 3.35. The fourth-order valence-corrected chi connectivity index (χ4v) is 1.01. The monoisotopic (exact) mass is 207 g/mol. The average molecular weight is 207 g/mol. The molecule has 15 heavy (non-hydrogen) atoms. The van der Waals surface area contributed by atoms with Crippen molar-refractivity contribution in [1.82, 2.24) is 15.3 Å². The zero-order valence-electron chi connectivity index (χ0n) is 9.07. The van der Waals surface area contributed by atoms with Crippen LogP contribution in [0.2, 0.25) is 0 Å². The van der Waals surface area contributed by atoms with Crippen LogP contribution in [0.4, 0.5) is 0 Å². The van der Waals surface area contributed by atoms with E-state index in [9.17, 15) is 0 Å². The molecule has 1 aromatic rings. The Morgan fingerprint density at radius 2 is 2.20 bits per heavy atom. The minimum absolute atomic E-state index is 0.628. The smallest absolute Gasteiger partial charge is 0.141 e. The maximum absolute atomic E-state index is 5.33. The molecule has 4 heteroatoms. The Labute approximate surface area is 90.4 Å². The SMILES string of the molecule is C=C(C)COCCNCc1ncccn1. The first kappa shape index (κ1) is 11.8. The number of hydrogen-bond donors (Lipinski definition) is 1. The van der Waals surface area contributed by atoms with Crippen LogP contribution in [-0.4, -0.2) is 29.7 Å². The summed E-state index contributed by atoms with van der Waals surface area (Å²) >= 11 is 0. The summed E-state index contributed by atoms with van der Waals surface area (Å²) < 4.78 is 5.33. The van der Waals surface area contributed by atoms with Crippen LogP contribution in [0.15, 0.2) is 30.6 Å². The van der Waals surface area contributed by atoms with Crippen LogP contribution >= 0.6 is 0 Å². The van der Waals surface area contributed by atoms with Crippen molar-refractivity contribution in [3.8, 4) is 0 Å². The zero-order valence-corrected chi connectivity index (χ0v) is 9.07. The third-order valence-electron chi connectivity index (χ3n) is 1.67. The Hall–Kier alpha value is -1.26. The molecular weight excluding hydrogens is 190 g/mol. The van der Waals surface area contributed by atoms with Crippen LogP contribution in [0.25, 0.3) is 0 Å². The van der Waals surface area contributed by atoms with Crippen molar-refractivity contribution >= 4 is 0 Å². The second-order valence-corrected chi connectivity index (χ2v) is 3.35. The Morgan fingerprint density at radius 1 is 1.47 bits per heavy atom. The van der Waals surface area contributed by atoms with Crippen LogP contribution in [0.3, 0.4) is 0 Å². The third-order valence-corrected chi connectivity index (χ3v) is 1.67. The highest BCUT2D eigenvalue weighted by molar-refractivity contribution is 4.88. The molecule has 1 heterocycles. The fourth-order valence-electron chi connectivity index (χ4n) is 1.01. The third kappa shape index (κ3) is 5.93. The molecule has 0 saturated carbocycles. The van der Waals surface area contributed by atoms with Gasteiger partial charge in [0.15, 0.2) is 0 Å². The molecule has 0 saturated heterocycles. The lowest BCUT2D eigenvalue weighted by Crippen LogP contribution is -2.20. The van der Waals surface area contributed by atoms with Gasteiger partial charge in [-0.15, -0.1) is 0 Å². The van der Waals surface area contributed by atoms with E-state index in [2.05, 4.69) is 21.9 Å². The summed E-state index contributed by atoms with van der Waals surface area (Å²) in [6, 6.07) is 1.81. The fraction of sp³-hybridized carbons (Fsp3) is 0.455. The summed E-state index contributed by atoms with van der Waals surface area (Å²) in [7, 11) is 0. The van der Waals surface area contributed by atoms with Gasteiger partial charge in [-0.1, -0.05) is 12.2 Å². The molecule has 4 nitrogen and oxygen atoms in total. The second kappa shape index (κ2) is 7.09. The van der Waals surface area contributed by atoms with Gasteiger partial charge in [0.1, 0.15) is 5.82 Å². The molecule has 1 N–H and O–H groups in total. The van der Waals surface area contributed by atoms with Gasteiger partial charge in [-0.05, 0) is 13.0 Å². The van der Waals surface area contributed by atoms with Gasteiger partial charge >= 0.3 is 0 Å². The summed E-state index contributed by atoms with van der Waals surface area (Å²) in [4.78, 5) is 8.19. The maximum atomic E-state index is 5.33. The number of ether oxygens (including phenoxy) is 1. The highest BCUT2D eigenvalue weighted by Crippen LogP contribution is 1.88. The van der Waals surface area contributed by atoms with E-state index in [0.29, 0.717) is 19.8 Å². The molecule has 0 radical (unpaired) electrons. The molecule has 1 aromatic heterocycles. The van der Waals surface area contributed by atoms with E-state index < -0.39 is 0 Å². The number of hydrogen-bond acceptors (Lipinski definition) is 4. The van der Waals surface area contributed by atoms with Crippen molar-refractivity contribution in [3.63, 3.8) is 0 Å². The topological polar surface area (TPSA) is 47.0 Å². The highest BCUT2D eigenvalue weighted by atomic mass is 16.5. The minimum atomic E-state index is 0.628. The lowest BCUT2D eigenvalue weighted by Gasteiger charge is -2.04. The molecule has 82 valence electrons. The van der Waals surface area contributed by atoms with Crippen molar-refractivity contribution in [2.75, 3.05) is 19.8 Å². The van der Waals surface area contributed by atoms with Gasteiger partial charge in [0.25, 0.3) is 0 Å². The van der Waals surface area contributed by atoms with E-state index in [1.807, 2.05) is 6.92 Å². The molecule has 0 bridgehead atoms. The van der Waals surface area contributed by atoms with E-state index in [1.54, 1.807) is 18.5 Å². The van der Waals surface area contributed by atoms with Gasteiger partial charge in [-0.2, -0.15) is 0 Å². The molecule has 0 fully saturated rings. The van der Waals surface area contributed by atoms with Gasteiger partial charge in [-0.25, -0.2) is 9.97 Å².